The molecule has 1 fully saturated rings. The van der Waals surface area contributed by atoms with E-state index in [2.05, 4.69) is 5.32 Å². The van der Waals surface area contributed by atoms with Crippen molar-refractivity contribution in [3.05, 3.63) is 29.8 Å². The molecular formula is C15H21NO2. The van der Waals surface area contributed by atoms with Gasteiger partial charge in [-0.3, -0.25) is 4.79 Å². The molecule has 2 rings (SSSR count). The molecule has 1 aliphatic rings. The molecule has 0 radical (unpaired) electrons. The van der Waals surface area contributed by atoms with Crippen LogP contribution in [0.2, 0.25) is 0 Å². The molecule has 1 aromatic rings. The van der Waals surface area contributed by atoms with Crippen LogP contribution < -0.4 is 10.1 Å². The lowest BCUT2D eigenvalue weighted by molar-refractivity contribution is -0.128. The van der Waals surface area contributed by atoms with Gasteiger partial charge in [-0.05, 0) is 25.5 Å². The number of ketones is 1. The van der Waals surface area contributed by atoms with Crippen molar-refractivity contribution in [3.63, 3.8) is 0 Å². The number of hydrogen-bond acceptors (Lipinski definition) is 3. The first kappa shape index (κ1) is 13.1. The number of benzene rings is 1. The minimum absolute atomic E-state index is 0.292. The molecule has 1 atom stereocenters. The average Bonchev–Trinajstić information content (AvgIpc) is 2.42. The number of ether oxygens (including phenoxy) is 1. The number of Topliss-reactive ketones (excluding diaryl/α,β-unsaturated/α-hetero) is 1. The molecule has 1 N–H and O–H groups in total. The molecule has 1 saturated carbocycles. The van der Waals surface area contributed by atoms with Gasteiger partial charge in [0.1, 0.15) is 11.3 Å². The Morgan fingerprint density at radius 1 is 1.33 bits per heavy atom. The molecule has 0 aliphatic heterocycles. The first-order chi connectivity index (χ1) is 8.74. The quantitative estimate of drug-likeness (QED) is 0.889. The first-order valence-corrected chi connectivity index (χ1v) is 6.66. The minimum atomic E-state index is -0.542. The highest BCUT2D eigenvalue weighted by atomic mass is 16.5. The molecule has 98 valence electrons. The summed E-state index contributed by atoms with van der Waals surface area (Å²) >= 11 is 0. The minimum Gasteiger partial charge on any atom is -0.496 e. The van der Waals surface area contributed by atoms with Gasteiger partial charge in [-0.2, -0.15) is 0 Å². The van der Waals surface area contributed by atoms with E-state index >= 15 is 0 Å². The Morgan fingerprint density at radius 2 is 2.11 bits per heavy atom. The molecule has 3 nitrogen and oxygen atoms in total. The molecule has 0 spiro atoms. The van der Waals surface area contributed by atoms with Crippen LogP contribution in [0, 0.1) is 0 Å². The van der Waals surface area contributed by atoms with Crippen LogP contribution in [-0.2, 0) is 10.3 Å². The van der Waals surface area contributed by atoms with Gasteiger partial charge in [-0.25, -0.2) is 0 Å². The summed E-state index contributed by atoms with van der Waals surface area (Å²) in [5.74, 6) is 1.09. The van der Waals surface area contributed by atoms with Crippen molar-refractivity contribution in [2.24, 2.45) is 0 Å². The van der Waals surface area contributed by atoms with E-state index in [0.29, 0.717) is 12.2 Å². The predicted octanol–water partition coefficient (Wildman–Crippen LogP) is 2.64. The summed E-state index contributed by atoms with van der Waals surface area (Å²) in [6.45, 7) is 2.82. The van der Waals surface area contributed by atoms with Crippen LogP contribution >= 0.6 is 0 Å². The van der Waals surface area contributed by atoms with Gasteiger partial charge in [0.05, 0.1) is 7.11 Å². The van der Waals surface area contributed by atoms with Gasteiger partial charge >= 0.3 is 0 Å². The molecule has 1 aromatic carbocycles. The van der Waals surface area contributed by atoms with Crippen LogP contribution in [0.15, 0.2) is 24.3 Å². The van der Waals surface area contributed by atoms with E-state index in [-0.39, 0.29) is 0 Å². The number of rotatable bonds is 4. The molecular weight excluding hydrogens is 226 g/mol. The second-order valence-electron chi connectivity index (χ2n) is 4.77. The molecule has 0 saturated heterocycles. The summed E-state index contributed by atoms with van der Waals surface area (Å²) in [6.07, 6.45) is 3.60. The Kier molecular flexibility index (Phi) is 4.02. The summed E-state index contributed by atoms with van der Waals surface area (Å²) in [5.41, 5.74) is 0.443. The van der Waals surface area contributed by atoms with Crippen LogP contribution in [0.3, 0.4) is 0 Å². The van der Waals surface area contributed by atoms with Crippen molar-refractivity contribution < 1.29 is 9.53 Å². The van der Waals surface area contributed by atoms with Crippen molar-refractivity contribution in [1.29, 1.82) is 0 Å². The van der Waals surface area contributed by atoms with Gasteiger partial charge in [0.15, 0.2) is 5.78 Å². The lowest BCUT2D eigenvalue weighted by Crippen LogP contribution is -2.51. The highest BCUT2D eigenvalue weighted by molar-refractivity contribution is 5.91. The molecule has 0 heterocycles. The number of carbonyl (C=O) groups is 1. The maximum atomic E-state index is 12.5. The van der Waals surface area contributed by atoms with Crippen molar-refractivity contribution in [2.45, 2.75) is 38.1 Å². The molecule has 0 amide bonds. The largest absolute Gasteiger partial charge is 0.496 e. The van der Waals surface area contributed by atoms with Crippen molar-refractivity contribution in [1.82, 2.24) is 5.32 Å². The predicted molar refractivity (Wildman–Crippen MR) is 71.8 cm³/mol. The van der Waals surface area contributed by atoms with E-state index in [1.165, 1.54) is 0 Å². The summed E-state index contributed by atoms with van der Waals surface area (Å²) in [5, 5.41) is 3.41. The van der Waals surface area contributed by atoms with E-state index in [0.717, 1.165) is 37.1 Å². The Labute approximate surface area is 109 Å². The van der Waals surface area contributed by atoms with Gasteiger partial charge < -0.3 is 10.1 Å². The number of methoxy groups -OCH3 is 1. The number of para-hydroxylation sites is 1. The highest BCUT2D eigenvalue weighted by Crippen LogP contribution is 2.38. The fraction of sp³-hybridized carbons (Fsp3) is 0.533. The van der Waals surface area contributed by atoms with Gasteiger partial charge in [0, 0.05) is 12.0 Å². The summed E-state index contributed by atoms with van der Waals surface area (Å²) in [7, 11) is 1.66. The Balaban J connectivity index is 2.48. The third kappa shape index (κ3) is 2.15. The summed E-state index contributed by atoms with van der Waals surface area (Å²) in [4.78, 5) is 12.5. The zero-order chi connectivity index (χ0) is 13.0. The normalized spacial score (nSPS) is 24.0. The molecule has 0 unspecified atom stereocenters. The van der Waals surface area contributed by atoms with E-state index in [9.17, 15) is 4.79 Å². The van der Waals surface area contributed by atoms with Gasteiger partial charge in [0.25, 0.3) is 0 Å². The maximum Gasteiger partial charge on any atom is 0.157 e. The Morgan fingerprint density at radius 3 is 2.78 bits per heavy atom. The van der Waals surface area contributed by atoms with Crippen LogP contribution in [0.25, 0.3) is 0 Å². The van der Waals surface area contributed by atoms with Gasteiger partial charge in [-0.1, -0.05) is 31.5 Å². The molecule has 0 aromatic heterocycles. The number of nitrogens with one attached hydrogen (secondary N) is 1. The zero-order valence-corrected chi connectivity index (χ0v) is 11.2. The van der Waals surface area contributed by atoms with Crippen LogP contribution in [-0.4, -0.2) is 19.4 Å². The summed E-state index contributed by atoms with van der Waals surface area (Å²) < 4.78 is 5.43. The molecule has 18 heavy (non-hydrogen) atoms. The summed E-state index contributed by atoms with van der Waals surface area (Å²) in [6, 6.07) is 7.84. The molecule has 3 heteroatoms. The topological polar surface area (TPSA) is 38.3 Å². The van der Waals surface area contributed by atoms with Crippen LogP contribution in [0.4, 0.5) is 0 Å². The third-order valence-electron chi connectivity index (χ3n) is 3.73. The lowest BCUT2D eigenvalue weighted by atomic mass is 9.75. The van der Waals surface area contributed by atoms with E-state index < -0.39 is 5.54 Å². The van der Waals surface area contributed by atoms with E-state index in [4.69, 9.17) is 4.74 Å². The molecule has 1 aliphatic carbocycles. The van der Waals surface area contributed by atoms with Gasteiger partial charge in [0.2, 0.25) is 0 Å². The van der Waals surface area contributed by atoms with E-state index in [1.54, 1.807) is 7.11 Å². The Bertz CT molecular complexity index is 426. The smallest absolute Gasteiger partial charge is 0.157 e. The standard InChI is InChI=1S/C15H21NO2/c1-3-16-15(11-7-6-10-14(15)17)12-8-4-5-9-13(12)18-2/h4-5,8-9,16H,3,6-7,10-11H2,1-2H3/t15-/m0/s1. The van der Waals surface area contributed by atoms with Crippen LogP contribution in [0.1, 0.15) is 38.2 Å². The number of hydrogen-bond donors (Lipinski definition) is 1. The first-order valence-electron chi connectivity index (χ1n) is 6.66. The van der Waals surface area contributed by atoms with Crippen molar-refractivity contribution >= 4 is 5.78 Å². The van der Waals surface area contributed by atoms with Crippen LogP contribution in [0.5, 0.6) is 5.75 Å². The van der Waals surface area contributed by atoms with Crippen molar-refractivity contribution in [3.8, 4) is 5.75 Å². The Hall–Kier alpha value is -1.35. The number of carbonyl (C=O) groups excluding carboxylic acids is 1. The second kappa shape index (κ2) is 5.53. The number of likely N-dealkylation sites (N-methyl/N-ethyl adjacent to an activating group) is 1. The SMILES string of the molecule is CCN[C@]1(c2ccccc2OC)CCCCC1=O. The average molecular weight is 247 g/mol. The molecule has 0 bridgehead atoms. The fourth-order valence-electron chi connectivity index (χ4n) is 2.89. The second-order valence-corrected chi connectivity index (χ2v) is 4.77. The van der Waals surface area contributed by atoms with Gasteiger partial charge in [-0.15, -0.1) is 0 Å². The highest BCUT2D eigenvalue weighted by Gasteiger charge is 2.42. The maximum absolute atomic E-state index is 12.5. The van der Waals surface area contributed by atoms with E-state index in [1.807, 2.05) is 31.2 Å². The monoisotopic (exact) mass is 247 g/mol. The van der Waals surface area contributed by atoms with Crippen molar-refractivity contribution in [2.75, 3.05) is 13.7 Å². The fourth-order valence-corrected chi connectivity index (χ4v) is 2.89. The third-order valence-corrected chi connectivity index (χ3v) is 3.73. The lowest BCUT2D eigenvalue weighted by Gasteiger charge is -2.37. The zero-order valence-electron chi connectivity index (χ0n) is 11.2.